The van der Waals surface area contributed by atoms with Gasteiger partial charge >= 0.3 is 0 Å². The molecular formula is C26H31F2N7O4S. The maximum Gasteiger partial charge on any atom is 0.266 e. The van der Waals surface area contributed by atoms with Crippen LogP contribution in [0.25, 0.3) is 23.0 Å². The van der Waals surface area contributed by atoms with Crippen molar-refractivity contribution in [3.8, 4) is 23.0 Å². The van der Waals surface area contributed by atoms with Gasteiger partial charge in [-0.15, -0.1) is 10.2 Å². The Labute approximate surface area is 230 Å². The molecule has 1 aromatic carbocycles. The van der Waals surface area contributed by atoms with Crippen LogP contribution in [0.15, 0.2) is 28.7 Å². The zero-order valence-corrected chi connectivity index (χ0v) is 22.9. The minimum Gasteiger partial charge on any atom is -0.415 e. The van der Waals surface area contributed by atoms with E-state index in [2.05, 4.69) is 29.8 Å². The maximum absolute atomic E-state index is 13.8. The number of hydrogen-bond acceptors (Lipinski definition) is 10. The van der Waals surface area contributed by atoms with Crippen LogP contribution >= 0.6 is 0 Å². The van der Waals surface area contributed by atoms with Gasteiger partial charge in [0.15, 0.2) is 12.3 Å². The lowest BCUT2D eigenvalue weighted by molar-refractivity contribution is 0.217. The molecule has 0 radical (unpaired) electrons. The van der Waals surface area contributed by atoms with Gasteiger partial charge in [-0.1, -0.05) is 0 Å². The third-order valence-corrected chi connectivity index (χ3v) is 9.20. The number of piperidine rings is 1. The van der Waals surface area contributed by atoms with Gasteiger partial charge in [0.2, 0.25) is 21.9 Å². The standard InChI is InChI=1S/C26H31F2N7O4S/c1-16-12-21(30-25(29-16)35-14-19(27)20(28)15-35)24-32-31-23(39-24)18-3-2-17(33-40(37,38)11-10-36)13-22(18)34-8-6-26(4-5-26)7-9-34/h2-3,12-13,19-20,33,36H,4-11,14-15H2,1H3/t19-,20+. The minimum absolute atomic E-state index is 0.129. The fourth-order valence-corrected chi connectivity index (χ4v) is 6.24. The molecule has 0 bridgehead atoms. The van der Waals surface area contributed by atoms with E-state index in [1.165, 1.54) is 17.7 Å². The van der Waals surface area contributed by atoms with Gasteiger partial charge in [-0.2, -0.15) is 0 Å². The minimum atomic E-state index is -3.71. The molecule has 14 heteroatoms. The van der Waals surface area contributed by atoms with Crippen molar-refractivity contribution in [1.29, 1.82) is 0 Å². The van der Waals surface area contributed by atoms with E-state index in [-0.39, 0.29) is 30.8 Å². The summed E-state index contributed by atoms with van der Waals surface area (Å²) in [7, 11) is -3.71. The molecule has 4 heterocycles. The van der Waals surface area contributed by atoms with E-state index in [0.717, 1.165) is 31.6 Å². The molecule has 1 aliphatic carbocycles. The van der Waals surface area contributed by atoms with Gasteiger partial charge in [-0.05, 0) is 62.3 Å². The van der Waals surface area contributed by atoms with E-state index in [1.54, 1.807) is 31.2 Å². The fraction of sp³-hybridized carbons (Fsp3) is 0.538. The SMILES string of the molecule is Cc1cc(-c2nnc(-c3ccc(NS(=O)(=O)CCO)cc3N3CCC4(CC3)CC4)o2)nc(N2C[C@@H](F)[C@@H](F)C2)n1. The third kappa shape index (κ3) is 5.46. The summed E-state index contributed by atoms with van der Waals surface area (Å²) in [6, 6.07) is 6.76. The second kappa shape index (κ2) is 10.2. The lowest BCUT2D eigenvalue weighted by atomic mass is 9.93. The fourth-order valence-electron chi connectivity index (χ4n) is 5.41. The summed E-state index contributed by atoms with van der Waals surface area (Å²) in [5, 5.41) is 17.6. The Kier molecular flexibility index (Phi) is 6.85. The molecule has 2 atom stereocenters. The molecule has 214 valence electrons. The summed E-state index contributed by atoms with van der Waals surface area (Å²) >= 11 is 0. The number of aromatic nitrogens is 4. The van der Waals surface area contributed by atoms with Crippen LogP contribution in [0.5, 0.6) is 0 Å². The highest BCUT2D eigenvalue weighted by Gasteiger charge is 2.44. The van der Waals surface area contributed by atoms with Crippen LogP contribution in [0.2, 0.25) is 0 Å². The summed E-state index contributed by atoms with van der Waals surface area (Å²) in [6.45, 7) is 2.64. The van der Waals surface area contributed by atoms with Crippen molar-refractivity contribution in [1.82, 2.24) is 20.2 Å². The zero-order valence-electron chi connectivity index (χ0n) is 22.1. The van der Waals surface area contributed by atoms with Gasteiger partial charge in [-0.25, -0.2) is 27.2 Å². The quantitative estimate of drug-likeness (QED) is 0.412. The molecule has 2 saturated heterocycles. The lowest BCUT2D eigenvalue weighted by Crippen LogP contribution is -2.34. The number of halogens is 2. The molecule has 1 spiro atoms. The predicted molar refractivity (Wildman–Crippen MR) is 145 cm³/mol. The van der Waals surface area contributed by atoms with Crippen LogP contribution < -0.4 is 14.5 Å². The number of alkyl halides is 2. The normalized spacial score (nSPS) is 22.2. The first-order valence-electron chi connectivity index (χ1n) is 13.4. The molecule has 6 rings (SSSR count). The smallest absolute Gasteiger partial charge is 0.266 e. The average Bonchev–Trinajstić information content (AvgIpc) is 3.32. The molecule has 0 unspecified atom stereocenters. The molecule has 0 amide bonds. The summed E-state index contributed by atoms with van der Waals surface area (Å²) in [5.41, 5.74) is 3.13. The summed E-state index contributed by atoms with van der Waals surface area (Å²) in [5.74, 6) is 0.149. The van der Waals surface area contributed by atoms with Crippen LogP contribution in [-0.2, 0) is 10.0 Å². The molecular weight excluding hydrogens is 544 g/mol. The van der Waals surface area contributed by atoms with Crippen molar-refractivity contribution in [2.24, 2.45) is 5.41 Å². The Balaban J connectivity index is 1.32. The lowest BCUT2D eigenvalue weighted by Gasteiger charge is -2.35. The van der Waals surface area contributed by atoms with Crippen LogP contribution in [0.1, 0.15) is 31.4 Å². The first kappa shape index (κ1) is 26.8. The average molecular weight is 576 g/mol. The number of nitrogens with zero attached hydrogens (tertiary/aromatic N) is 6. The number of aliphatic hydroxyl groups excluding tert-OH is 1. The van der Waals surface area contributed by atoms with E-state index in [0.29, 0.717) is 28.1 Å². The predicted octanol–water partition coefficient (Wildman–Crippen LogP) is 3.11. The summed E-state index contributed by atoms with van der Waals surface area (Å²) in [6.07, 6.45) is 1.42. The highest BCUT2D eigenvalue weighted by Crippen LogP contribution is 2.54. The molecule has 3 aliphatic rings. The van der Waals surface area contributed by atoms with Gasteiger partial charge in [0, 0.05) is 18.8 Å². The number of rotatable bonds is 8. The zero-order chi connectivity index (χ0) is 28.1. The number of nitrogens with one attached hydrogen (secondary N) is 1. The van der Waals surface area contributed by atoms with E-state index < -0.39 is 34.7 Å². The van der Waals surface area contributed by atoms with E-state index in [4.69, 9.17) is 9.52 Å². The highest BCUT2D eigenvalue weighted by molar-refractivity contribution is 7.92. The molecule has 3 fully saturated rings. The second-order valence-electron chi connectivity index (χ2n) is 10.9. The van der Waals surface area contributed by atoms with Gasteiger partial charge in [0.25, 0.3) is 5.89 Å². The molecule has 3 aromatic rings. The number of aryl methyl sites for hydroxylation is 1. The highest BCUT2D eigenvalue weighted by atomic mass is 32.2. The van der Waals surface area contributed by atoms with Crippen LogP contribution in [0.3, 0.4) is 0 Å². The number of hydrogen-bond donors (Lipinski definition) is 2. The number of benzene rings is 1. The Morgan fingerprint density at radius 1 is 1.02 bits per heavy atom. The Morgan fingerprint density at radius 3 is 2.40 bits per heavy atom. The summed E-state index contributed by atoms with van der Waals surface area (Å²) < 4.78 is 60.8. The Morgan fingerprint density at radius 2 is 1.73 bits per heavy atom. The molecule has 2 N–H and O–H groups in total. The van der Waals surface area contributed by atoms with Crippen LogP contribution in [0.4, 0.5) is 26.1 Å². The molecule has 11 nitrogen and oxygen atoms in total. The second-order valence-corrected chi connectivity index (χ2v) is 12.7. The van der Waals surface area contributed by atoms with Crippen LogP contribution in [0, 0.1) is 12.3 Å². The first-order valence-corrected chi connectivity index (χ1v) is 15.0. The number of anilines is 3. The van der Waals surface area contributed by atoms with Gasteiger partial charge in [0.05, 0.1) is 42.4 Å². The topological polar surface area (TPSA) is 138 Å². The molecule has 2 aromatic heterocycles. The summed E-state index contributed by atoms with van der Waals surface area (Å²) in [4.78, 5) is 12.4. The molecule has 2 aliphatic heterocycles. The Bertz CT molecular complexity index is 1490. The Hall–Kier alpha value is -3.39. The van der Waals surface area contributed by atoms with E-state index in [1.807, 2.05) is 0 Å². The number of sulfonamides is 1. The first-order chi connectivity index (χ1) is 19.1. The van der Waals surface area contributed by atoms with Crippen molar-refractivity contribution in [3.63, 3.8) is 0 Å². The molecule has 1 saturated carbocycles. The van der Waals surface area contributed by atoms with E-state index in [9.17, 15) is 17.2 Å². The van der Waals surface area contributed by atoms with Gasteiger partial charge in [-0.3, -0.25) is 4.72 Å². The largest absolute Gasteiger partial charge is 0.415 e. The van der Waals surface area contributed by atoms with Crippen molar-refractivity contribution >= 4 is 27.3 Å². The van der Waals surface area contributed by atoms with E-state index >= 15 is 0 Å². The van der Waals surface area contributed by atoms with Crippen LogP contribution in [-0.4, -0.2) is 84.6 Å². The molecule has 40 heavy (non-hydrogen) atoms. The maximum atomic E-state index is 13.8. The van der Waals surface area contributed by atoms with Crippen molar-refractivity contribution < 1.29 is 26.7 Å². The van der Waals surface area contributed by atoms with Gasteiger partial charge in [0.1, 0.15) is 5.69 Å². The van der Waals surface area contributed by atoms with Gasteiger partial charge < -0.3 is 19.3 Å². The number of aliphatic hydroxyl groups is 1. The third-order valence-electron chi connectivity index (χ3n) is 7.93. The van der Waals surface area contributed by atoms with Crippen molar-refractivity contribution in [3.05, 3.63) is 30.0 Å². The van der Waals surface area contributed by atoms with Crippen molar-refractivity contribution in [2.45, 2.75) is 45.0 Å². The van der Waals surface area contributed by atoms with Crippen molar-refractivity contribution in [2.75, 3.05) is 53.1 Å². The monoisotopic (exact) mass is 575 g/mol.